The SMILES string of the molecule is N#Cc1ccc(Sc2c(C#N)cc(O)c(O)c2C#N)cc1. The molecule has 2 aromatic carbocycles. The largest absolute Gasteiger partial charge is 0.504 e. The summed E-state index contributed by atoms with van der Waals surface area (Å²) in [5.74, 6) is -1.06. The van der Waals surface area contributed by atoms with Crippen LogP contribution in [-0.2, 0) is 0 Å². The summed E-state index contributed by atoms with van der Waals surface area (Å²) < 4.78 is 0. The Morgan fingerprint density at radius 2 is 1.57 bits per heavy atom. The molecule has 5 nitrogen and oxygen atoms in total. The van der Waals surface area contributed by atoms with E-state index in [0.29, 0.717) is 10.5 Å². The van der Waals surface area contributed by atoms with E-state index in [9.17, 15) is 10.2 Å². The molecule has 0 amide bonds. The molecule has 100 valence electrons. The van der Waals surface area contributed by atoms with Crippen molar-refractivity contribution < 1.29 is 10.2 Å². The normalized spacial score (nSPS) is 9.38. The third-order valence-corrected chi connectivity index (χ3v) is 3.80. The molecule has 6 heteroatoms. The predicted octanol–water partition coefficient (Wildman–Crippen LogP) is 2.86. The van der Waals surface area contributed by atoms with Crippen LogP contribution in [0.15, 0.2) is 40.1 Å². The van der Waals surface area contributed by atoms with E-state index in [4.69, 9.17) is 15.8 Å². The van der Waals surface area contributed by atoms with E-state index in [1.165, 1.54) is 0 Å². The minimum absolute atomic E-state index is 0.0937. The van der Waals surface area contributed by atoms with Gasteiger partial charge in [0.05, 0.1) is 22.1 Å². The Morgan fingerprint density at radius 3 is 2.10 bits per heavy atom. The Hall–Kier alpha value is -3.14. The molecule has 2 N–H and O–H groups in total. The first-order chi connectivity index (χ1) is 10.1. The fraction of sp³-hybridized carbons (Fsp3) is 0. The van der Waals surface area contributed by atoms with Gasteiger partial charge in [0.1, 0.15) is 17.7 Å². The molecule has 0 radical (unpaired) electrons. The Morgan fingerprint density at radius 1 is 0.905 bits per heavy atom. The Bertz CT molecular complexity index is 824. The summed E-state index contributed by atoms with van der Waals surface area (Å²) in [4.78, 5) is 0.965. The quantitative estimate of drug-likeness (QED) is 0.823. The lowest BCUT2D eigenvalue weighted by Gasteiger charge is -2.09. The van der Waals surface area contributed by atoms with Crippen molar-refractivity contribution in [1.29, 1.82) is 15.8 Å². The smallest absolute Gasteiger partial charge is 0.176 e. The van der Waals surface area contributed by atoms with Crippen LogP contribution in [-0.4, -0.2) is 10.2 Å². The maximum absolute atomic E-state index is 9.72. The minimum Gasteiger partial charge on any atom is -0.504 e. The van der Waals surface area contributed by atoms with Crippen LogP contribution in [0.4, 0.5) is 0 Å². The topological polar surface area (TPSA) is 112 Å². The van der Waals surface area contributed by atoms with Crippen LogP contribution in [0, 0.1) is 34.0 Å². The van der Waals surface area contributed by atoms with Gasteiger partial charge in [0, 0.05) is 11.0 Å². The molecule has 0 unspecified atom stereocenters. The average molecular weight is 293 g/mol. The van der Waals surface area contributed by atoms with E-state index in [0.717, 1.165) is 17.8 Å². The highest BCUT2D eigenvalue weighted by molar-refractivity contribution is 7.99. The molecule has 2 aromatic rings. The van der Waals surface area contributed by atoms with Gasteiger partial charge in [-0.1, -0.05) is 11.8 Å². The van der Waals surface area contributed by atoms with Crippen LogP contribution in [0.2, 0.25) is 0 Å². The van der Waals surface area contributed by atoms with Crippen LogP contribution < -0.4 is 0 Å². The van der Waals surface area contributed by atoms with Crippen molar-refractivity contribution in [3.63, 3.8) is 0 Å². The van der Waals surface area contributed by atoms with Gasteiger partial charge < -0.3 is 10.2 Å². The maximum atomic E-state index is 9.72. The van der Waals surface area contributed by atoms with Gasteiger partial charge in [0.15, 0.2) is 11.5 Å². The number of nitrogens with zero attached hydrogens (tertiary/aromatic N) is 3. The van der Waals surface area contributed by atoms with Crippen molar-refractivity contribution in [2.45, 2.75) is 9.79 Å². The number of hydrogen-bond acceptors (Lipinski definition) is 6. The van der Waals surface area contributed by atoms with E-state index in [1.54, 1.807) is 30.3 Å². The van der Waals surface area contributed by atoms with Gasteiger partial charge in [-0.2, -0.15) is 15.8 Å². The Balaban J connectivity index is 2.53. The third kappa shape index (κ3) is 2.74. The maximum Gasteiger partial charge on any atom is 0.176 e. The molecule has 0 aliphatic rings. The highest BCUT2D eigenvalue weighted by Gasteiger charge is 2.18. The lowest BCUT2D eigenvalue weighted by molar-refractivity contribution is 0.401. The van der Waals surface area contributed by atoms with E-state index in [1.807, 2.05) is 12.1 Å². The molecule has 0 atom stereocenters. The molecule has 0 bridgehead atoms. The van der Waals surface area contributed by atoms with Gasteiger partial charge in [-0.15, -0.1) is 0 Å². The summed E-state index contributed by atoms with van der Waals surface area (Å²) in [6.45, 7) is 0. The molecule has 0 spiro atoms. The monoisotopic (exact) mass is 293 g/mol. The van der Waals surface area contributed by atoms with Crippen LogP contribution >= 0.6 is 11.8 Å². The third-order valence-electron chi connectivity index (χ3n) is 2.67. The van der Waals surface area contributed by atoms with Gasteiger partial charge in [-0.3, -0.25) is 0 Å². The molecule has 0 saturated carbocycles. The highest BCUT2D eigenvalue weighted by Crippen LogP contribution is 2.41. The molecule has 0 heterocycles. The van der Waals surface area contributed by atoms with Gasteiger partial charge in [0.2, 0.25) is 0 Å². The van der Waals surface area contributed by atoms with Crippen molar-refractivity contribution in [1.82, 2.24) is 0 Å². The second-order valence-corrected chi connectivity index (χ2v) is 5.04. The molecule has 21 heavy (non-hydrogen) atoms. The van der Waals surface area contributed by atoms with Crippen LogP contribution in [0.25, 0.3) is 0 Å². The van der Waals surface area contributed by atoms with Crippen molar-refractivity contribution in [3.8, 4) is 29.7 Å². The first kappa shape index (κ1) is 14.3. The molecular weight excluding hydrogens is 286 g/mol. The molecule has 2 rings (SSSR count). The van der Waals surface area contributed by atoms with E-state index in [2.05, 4.69) is 0 Å². The number of phenolic OH excluding ortho intramolecular Hbond substituents is 2. The van der Waals surface area contributed by atoms with Crippen molar-refractivity contribution in [2.75, 3.05) is 0 Å². The molecule has 0 saturated heterocycles. The van der Waals surface area contributed by atoms with E-state index >= 15 is 0 Å². The summed E-state index contributed by atoms with van der Waals surface area (Å²) in [5.41, 5.74) is 0.436. The molecule has 0 aromatic heterocycles. The first-order valence-electron chi connectivity index (χ1n) is 5.67. The summed E-state index contributed by atoms with van der Waals surface area (Å²) in [6.07, 6.45) is 0. The van der Waals surface area contributed by atoms with Gasteiger partial charge >= 0.3 is 0 Å². The van der Waals surface area contributed by atoms with E-state index in [-0.39, 0.29) is 16.0 Å². The lowest BCUT2D eigenvalue weighted by atomic mass is 10.1. The number of rotatable bonds is 2. The average Bonchev–Trinajstić information content (AvgIpc) is 2.51. The lowest BCUT2D eigenvalue weighted by Crippen LogP contribution is -1.89. The highest BCUT2D eigenvalue weighted by atomic mass is 32.2. The number of nitriles is 3. The zero-order chi connectivity index (χ0) is 15.4. The van der Waals surface area contributed by atoms with Crippen LogP contribution in [0.5, 0.6) is 11.5 Å². The number of phenols is 2. The minimum atomic E-state index is -0.548. The summed E-state index contributed by atoms with van der Waals surface area (Å²) >= 11 is 1.11. The molecule has 0 aliphatic heterocycles. The van der Waals surface area contributed by atoms with Gasteiger partial charge in [-0.05, 0) is 24.3 Å². The van der Waals surface area contributed by atoms with Gasteiger partial charge in [0.25, 0.3) is 0 Å². The fourth-order valence-corrected chi connectivity index (χ4v) is 2.62. The summed E-state index contributed by atoms with van der Waals surface area (Å²) in [7, 11) is 0. The molecule has 0 aliphatic carbocycles. The van der Waals surface area contributed by atoms with Crippen molar-refractivity contribution in [2.24, 2.45) is 0 Å². The number of aromatic hydroxyl groups is 2. The molecular formula is C15H7N3O2S. The standard InChI is InChI=1S/C15H7N3O2S/c16-6-9-1-3-11(4-2-9)21-15-10(7-17)5-13(19)14(20)12(15)8-18/h1-5,19-20H. The summed E-state index contributed by atoms with van der Waals surface area (Å²) in [6, 6.07) is 13.4. The molecule has 0 fully saturated rings. The van der Waals surface area contributed by atoms with Crippen LogP contribution in [0.1, 0.15) is 16.7 Å². The zero-order valence-electron chi connectivity index (χ0n) is 10.5. The van der Waals surface area contributed by atoms with Crippen molar-refractivity contribution >= 4 is 11.8 Å². The zero-order valence-corrected chi connectivity index (χ0v) is 11.3. The Kier molecular flexibility index (Phi) is 4.00. The van der Waals surface area contributed by atoms with E-state index < -0.39 is 11.5 Å². The second kappa shape index (κ2) is 5.88. The van der Waals surface area contributed by atoms with Crippen LogP contribution in [0.3, 0.4) is 0 Å². The Labute approximate surface area is 124 Å². The summed E-state index contributed by atoms with van der Waals surface area (Å²) in [5, 5.41) is 46.2. The first-order valence-corrected chi connectivity index (χ1v) is 6.49. The fourth-order valence-electron chi connectivity index (χ4n) is 1.65. The number of benzene rings is 2. The van der Waals surface area contributed by atoms with Gasteiger partial charge in [-0.25, -0.2) is 0 Å². The number of hydrogen-bond donors (Lipinski definition) is 2. The predicted molar refractivity (Wildman–Crippen MR) is 74.5 cm³/mol. The second-order valence-electron chi connectivity index (χ2n) is 3.96. The van der Waals surface area contributed by atoms with Crippen molar-refractivity contribution in [3.05, 3.63) is 47.0 Å².